The molecule has 0 bridgehead atoms. The highest BCUT2D eigenvalue weighted by Crippen LogP contribution is 1.92. The number of nitrogens with two attached hydrogens (primary N) is 1. The van der Waals surface area contributed by atoms with Crippen LogP contribution in [0.1, 0.15) is 20.3 Å². The minimum atomic E-state index is -0.381. The molecule has 0 aromatic rings. The van der Waals surface area contributed by atoms with Crippen molar-refractivity contribution in [2.75, 3.05) is 6.54 Å². The standard InChI is InChI=1S/C10H19N3O2/c1-4-5-12-10(15)8(3)13-7(2)6-9(11)14/h4,7-8,13H,1,5-6H2,2-3H3,(H2,11,14)(H,12,15). The van der Waals surface area contributed by atoms with Crippen molar-refractivity contribution >= 4 is 11.8 Å². The molecule has 5 heteroatoms. The minimum Gasteiger partial charge on any atom is -0.370 e. The van der Waals surface area contributed by atoms with Crippen molar-refractivity contribution in [1.29, 1.82) is 0 Å². The number of amides is 2. The van der Waals surface area contributed by atoms with E-state index in [1.54, 1.807) is 13.0 Å². The quantitative estimate of drug-likeness (QED) is 0.500. The first-order valence-corrected chi connectivity index (χ1v) is 4.90. The molecule has 0 radical (unpaired) electrons. The second kappa shape index (κ2) is 7.00. The lowest BCUT2D eigenvalue weighted by Gasteiger charge is -2.18. The predicted molar refractivity (Wildman–Crippen MR) is 59.1 cm³/mol. The largest absolute Gasteiger partial charge is 0.370 e. The number of nitrogens with one attached hydrogen (secondary N) is 2. The van der Waals surface area contributed by atoms with Crippen LogP contribution in [0.25, 0.3) is 0 Å². The Kier molecular flexibility index (Phi) is 6.37. The second-order valence-corrected chi connectivity index (χ2v) is 3.49. The van der Waals surface area contributed by atoms with Crippen LogP contribution in [0, 0.1) is 0 Å². The number of rotatable bonds is 7. The number of primary amides is 1. The van der Waals surface area contributed by atoms with Crippen LogP contribution < -0.4 is 16.4 Å². The molecule has 0 saturated heterocycles. The van der Waals surface area contributed by atoms with E-state index in [0.717, 1.165) is 0 Å². The Labute approximate surface area is 90.1 Å². The second-order valence-electron chi connectivity index (χ2n) is 3.49. The van der Waals surface area contributed by atoms with Gasteiger partial charge in [-0.25, -0.2) is 0 Å². The number of carbonyl (C=O) groups excluding carboxylic acids is 2. The average Bonchev–Trinajstić information content (AvgIpc) is 2.12. The molecule has 15 heavy (non-hydrogen) atoms. The molecule has 2 atom stereocenters. The molecule has 0 fully saturated rings. The summed E-state index contributed by atoms with van der Waals surface area (Å²) in [5, 5.41) is 5.63. The molecule has 2 amide bonds. The van der Waals surface area contributed by atoms with Crippen molar-refractivity contribution in [2.45, 2.75) is 32.4 Å². The van der Waals surface area contributed by atoms with Crippen LogP contribution in [0.2, 0.25) is 0 Å². The van der Waals surface area contributed by atoms with Crippen molar-refractivity contribution in [1.82, 2.24) is 10.6 Å². The van der Waals surface area contributed by atoms with Crippen molar-refractivity contribution in [3.05, 3.63) is 12.7 Å². The fraction of sp³-hybridized carbons (Fsp3) is 0.600. The third-order valence-electron chi connectivity index (χ3n) is 1.86. The van der Waals surface area contributed by atoms with E-state index < -0.39 is 0 Å². The van der Waals surface area contributed by atoms with Gasteiger partial charge in [0.15, 0.2) is 0 Å². The molecule has 86 valence electrons. The Morgan fingerprint density at radius 3 is 2.53 bits per heavy atom. The van der Waals surface area contributed by atoms with Crippen LogP contribution in [0.4, 0.5) is 0 Å². The minimum absolute atomic E-state index is 0.105. The van der Waals surface area contributed by atoms with E-state index in [4.69, 9.17) is 5.73 Å². The summed E-state index contributed by atoms with van der Waals surface area (Å²) in [5.41, 5.74) is 5.03. The normalized spacial score (nSPS) is 14.0. The van der Waals surface area contributed by atoms with Gasteiger partial charge in [-0.2, -0.15) is 0 Å². The number of hydrogen-bond acceptors (Lipinski definition) is 3. The zero-order valence-electron chi connectivity index (χ0n) is 9.25. The fourth-order valence-electron chi connectivity index (χ4n) is 1.19. The van der Waals surface area contributed by atoms with Gasteiger partial charge in [0, 0.05) is 19.0 Å². The van der Waals surface area contributed by atoms with Crippen LogP contribution >= 0.6 is 0 Å². The van der Waals surface area contributed by atoms with Gasteiger partial charge in [0.25, 0.3) is 0 Å². The van der Waals surface area contributed by atoms with Crippen molar-refractivity contribution in [2.24, 2.45) is 5.73 Å². The molecule has 0 spiro atoms. The Bertz CT molecular complexity index is 241. The molecule has 0 heterocycles. The lowest BCUT2D eigenvalue weighted by Crippen LogP contribution is -2.46. The van der Waals surface area contributed by atoms with E-state index >= 15 is 0 Å². The Morgan fingerprint density at radius 1 is 1.47 bits per heavy atom. The first-order valence-electron chi connectivity index (χ1n) is 4.90. The molecular weight excluding hydrogens is 194 g/mol. The molecule has 0 aliphatic carbocycles. The van der Waals surface area contributed by atoms with Gasteiger partial charge in [-0.1, -0.05) is 6.08 Å². The summed E-state index contributed by atoms with van der Waals surface area (Å²) in [7, 11) is 0. The molecule has 5 nitrogen and oxygen atoms in total. The molecule has 0 rings (SSSR count). The summed E-state index contributed by atoms with van der Waals surface area (Å²) in [6.07, 6.45) is 1.83. The first kappa shape index (κ1) is 13.6. The predicted octanol–water partition coefficient (Wildman–Crippen LogP) is -0.469. The van der Waals surface area contributed by atoms with Crippen LogP contribution in [-0.2, 0) is 9.59 Å². The van der Waals surface area contributed by atoms with Crippen LogP contribution in [0.5, 0.6) is 0 Å². The average molecular weight is 213 g/mol. The molecule has 0 aliphatic rings. The summed E-state index contributed by atoms with van der Waals surface area (Å²) >= 11 is 0. The van der Waals surface area contributed by atoms with Gasteiger partial charge >= 0.3 is 0 Å². The lowest BCUT2D eigenvalue weighted by molar-refractivity contribution is -0.123. The molecule has 2 unspecified atom stereocenters. The van der Waals surface area contributed by atoms with E-state index in [0.29, 0.717) is 6.54 Å². The molecule has 0 aromatic carbocycles. The van der Waals surface area contributed by atoms with Gasteiger partial charge < -0.3 is 16.4 Å². The third-order valence-corrected chi connectivity index (χ3v) is 1.86. The highest BCUT2D eigenvalue weighted by atomic mass is 16.2. The third kappa shape index (κ3) is 6.68. The SMILES string of the molecule is C=CCNC(=O)C(C)NC(C)CC(N)=O. The van der Waals surface area contributed by atoms with Gasteiger partial charge in [-0.3, -0.25) is 9.59 Å². The fourth-order valence-corrected chi connectivity index (χ4v) is 1.19. The van der Waals surface area contributed by atoms with Crippen molar-refractivity contribution in [3.8, 4) is 0 Å². The Balaban J connectivity index is 3.89. The topological polar surface area (TPSA) is 84.2 Å². The Morgan fingerprint density at radius 2 is 2.07 bits per heavy atom. The van der Waals surface area contributed by atoms with E-state index in [2.05, 4.69) is 17.2 Å². The molecule has 0 aliphatic heterocycles. The number of hydrogen-bond donors (Lipinski definition) is 3. The highest BCUT2D eigenvalue weighted by Gasteiger charge is 2.15. The maximum atomic E-state index is 11.4. The van der Waals surface area contributed by atoms with Crippen LogP contribution in [-0.4, -0.2) is 30.4 Å². The zero-order chi connectivity index (χ0) is 11.8. The molecule has 0 saturated carbocycles. The van der Waals surface area contributed by atoms with Gasteiger partial charge in [-0.15, -0.1) is 6.58 Å². The lowest BCUT2D eigenvalue weighted by atomic mass is 10.2. The summed E-state index contributed by atoms with van der Waals surface area (Å²) in [5.74, 6) is -0.500. The van der Waals surface area contributed by atoms with E-state index in [1.165, 1.54) is 0 Å². The molecular formula is C10H19N3O2. The van der Waals surface area contributed by atoms with Crippen LogP contribution in [0.3, 0.4) is 0 Å². The van der Waals surface area contributed by atoms with E-state index in [1.807, 2.05) is 6.92 Å². The van der Waals surface area contributed by atoms with Crippen molar-refractivity contribution < 1.29 is 9.59 Å². The summed E-state index contributed by atoms with van der Waals surface area (Å²) in [4.78, 5) is 22.0. The van der Waals surface area contributed by atoms with Crippen molar-refractivity contribution in [3.63, 3.8) is 0 Å². The maximum absolute atomic E-state index is 11.4. The smallest absolute Gasteiger partial charge is 0.237 e. The summed E-state index contributed by atoms with van der Waals surface area (Å²) in [6, 6.07) is -0.453. The van der Waals surface area contributed by atoms with Gasteiger partial charge in [0.2, 0.25) is 11.8 Å². The van der Waals surface area contributed by atoms with E-state index in [9.17, 15) is 9.59 Å². The number of carbonyl (C=O) groups is 2. The Hall–Kier alpha value is -1.36. The molecule has 4 N–H and O–H groups in total. The van der Waals surface area contributed by atoms with Crippen LogP contribution in [0.15, 0.2) is 12.7 Å². The molecule has 0 aromatic heterocycles. The van der Waals surface area contributed by atoms with Gasteiger partial charge in [0.1, 0.15) is 0 Å². The van der Waals surface area contributed by atoms with Gasteiger partial charge in [0.05, 0.1) is 6.04 Å². The maximum Gasteiger partial charge on any atom is 0.237 e. The monoisotopic (exact) mass is 213 g/mol. The van der Waals surface area contributed by atoms with Gasteiger partial charge in [-0.05, 0) is 13.8 Å². The van der Waals surface area contributed by atoms with E-state index in [-0.39, 0.29) is 30.3 Å². The summed E-state index contributed by atoms with van der Waals surface area (Å²) < 4.78 is 0. The highest BCUT2D eigenvalue weighted by molar-refractivity contribution is 5.81. The first-order chi connectivity index (χ1) is 6.97. The summed E-state index contributed by atoms with van der Waals surface area (Å²) in [6.45, 7) is 7.48. The zero-order valence-corrected chi connectivity index (χ0v) is 9.25.